The molecule has 1 aromatic carbocycles. The summed E-state index contributed by atoms with van der Waals surface area (Å²) in [7, 11) is 2.02. The first-order valence-electron chi connectivity index (χ1n) is 6.84. The summed E-state index contributed by atoms with van der Waals surface area (Å²) in [6.45, 7) is 3.01. The zero-order valence-electron chi connectivity index (χ0n) is 11.7. The number of hydrogen-bond donors (Lipinski definition) is 1. The molecule has 0 fully saturated rings. The highest BCUT2D eigenvalue weighted by Crippen LogP contribution is 2.24. The summed E-state index contributed by atoms with van der Waals surface area (Å²) < 4.78 is 2.05. The maximum Gasteiger partial charge on any atom is 0.0946 e. The summed E-state index contributed by atoms with van der Waals surface area (Å²) in [5, 5.41) is 4.68. The molecule has 0 aliphatic carbocycles. The summed E-state index contributed by atoms with van der Waals surface area (Å²) >= 11 is 0. The standard InChI is InChI=1S/C16H18N4/c1-3-18-16(15-10-17-11-20(15)2)13-7-6-12-5-4-8-19-14(12)9-13/h4-11,16,18H,3H2,1-2H3. The minimum Gasteiger partial charge on any atom is -0.336 e. The van der Waals surface area contributed by atoms with Gasteiger partial charge in [0.2, 0.25) is 0 Å². The second-order valence-corrected chi connectivity index (χ2v) is 4.88. The average Bonchev–Trinajstić information content (AvgIpc) is 2.90. The summed E-state index contributed by atoms with van der Waals surface area (Å²) in [5.74, 6) is 0. The Morgan fingerprint density at radius 2 is 2.20 bits per heavy atom. The predicted octanol–water partition coefficient (Wildman–Crippen LogP) is 2.67. The summed E-state index contributed by atoms with van der Waals surface area (Å²) in [6.07, 6.45) is 5.58. The van der Waals surface area contributed by atoms with Gasteiger partial charge in [0.15, 0.2) is 0 Å². The fourth-order valence-corrected chi connectivity index (χ4v) is 2.51. The highest BCUT2D eigenvalue weighted by atomic mass is 15.1. The van der Waals surface area contributed by atoms with Crippen LogP contribution in [0.5, 0.6) is 0 Å². The number of imidazole rings is 1. The normalized spacial score (nSPS) is 12.7. The van der Waals surface area contributed by atoms with Crippen molar-refractivity contribution in [3.05, 3.63) is 60.3 Å². The Labute approximate surface area is 118 Å². The molecule has 0 aliphatic heterocycles. The van der Waals surface area contributed by atoms with Gasteiger partial charge >= 0.3 is 0 Å². The van der Waals surface area contributed by atoms with Crippen molar-refractivity contribution in [2.45, 2.75) is 13.0 Å². The highest BCUT2D eigenvalue weighted by Gasteiger charge is 2.16. The zero-order valence-corrected chi connectivity index (χ0v) is 11.7. The van der Waals surface area contributed by atoms with E-state index in [1.165, 1.54) is 5.56 Å². The van der Waals surface area contributed by atoms with Crippen molar-refractivity contribution in [1.82, 2.24) is 19.9 Å². The molecule has 102 valence electrons. The summed E-state index contributed by atoms with van der Waals surface area (Å²) in [4.78, 5) is 8.66. The molecule has 0 radical (unpaired) electrons. The molecule has 2 heterocycles. The SMILES string of the molecule is CCNC(c1ccc2cccnc2c1)c1cncn1C. The van der Waals surface area contributed by atoms with Crippen LogP contribution in [0.25, 0.3) is 10.9 Å². The van der Waals surface area contributed by atoms with E-state index in [1.54, 1.807) is 0 Å². The molecule has 0 aliphatic rings. The van der Waals surface area contributed by atoms with Crippen LogP contribution < -0.4 is 5.32 Å². The molecule has 4 nitrogen and oxygen atoms in total. The Hall–Kier alpha value is -2.20. The molecule has 2 aromatic heterocycles. The lowest BCUT2D eigenvalue weighted by Crippen LogP contribution is -2.23. The lowest BCUT2D eigenvalue weighted by Gasteiger charge is -2.19. The minimum atomic E-state index is 0.138. The topological polar surface area (TPSA) is 42.7 Å². The lowest BCUT2D eigenvalue weighted by molar-refractivity contribution is 0.594. The van der Waals surface area contributed by atoms with E-state index in [-0.39, 0.29) is 6.04 Å². The van der Waals surface area contributed by atoms with Gasteiger partial charge < -0.3 is 9.88 Å². The first-order chi connectivity index (χ1) is 9.79. The van der Waals surface area contributed by atoms with Crippen LogP contribution in [-0.2, 0) is 7.05 Å². The van der Waals surface area contributed by atoms with E-state index in [0.717, 1.165) is 23.1 Å². The van der Waals surface area contributed by atoms with Gasteiger partial charge in [0.05, 0.1) is 29.8 Å². The third-order valence-electron chi connectivity index (χ3n) is 3.52. The van der Waals surface area contributed by atoms with Gasteiger partial charge in [-0.25, -0.2) is 4.98 Å². The fourth-order valence-electron chi connectivity index (χ4n) is 2.51. The third-order valence-corrected chi connectivity index (χ3v) is 3.52. The van der Waals surface area contributed by atoms with Crippen LogP contribution in [0.4, 0.5) is 0 Å². The maximum absolute atomic E-state index is 4.44. The van der Waals surface area contributed by atoms with Gasteiger partial charge in [-0.3, -0.25) is 4.98 Å². The van der Waals surface area contributed by atoms with Crippen LogP contribution in [0.1, 0.15) is 24.2 Å². The molecule has 20 heavy (non-hydrogen) atoms. The van der Waals surface area contributed by atoms with E-state index < -0.39 is 0 Å². The molecule has 0 amide bonds. The second kappa shape index (κ2) is 5.43. The van der Waals surface area contributed by atoms with Crippen molar-refractivity contribution in [3.8, 4) is 0 Å². The molecule has 3 aromatic rings. The summed E-state index contributed by atoms with van der Waals surface area (Å²) in [5.41, 5.74) is 3.39. The monoisotopic (exact) mass is 266 g/mol. The molecule has 4 heteroatoms. The van der Waals surface area contributed by atoms with E-state index in [1.807, 2.05) is 31.8 Å². The van der Waals surface area contributed by atoms with Crippen LogP contribution >= 0.6 is 0 Å². The Morgan fingerprint density at radius 3 is 2.95 bits per heavy atom. The first kappa shape index (κ1) is 12.8. The number of hydrogen-bond acceptors (Lipinski definition) is 3. The van der Waals surface area contributed by atoms with Crippen molar-refractivity contribution in [1.29, 1.82) is 0 Å². The number of pyridine rings is 1. The molecule has 3 rings (SSSR count). The number of nitrogens with one attached hydrogen (secondary N) is 1. The lowest BCUT2D eigenvalue weighted by atomic mass is 10.0. The van der Waals surface area contributed by atoms with Gasteiger partial charge in [-0.15, -0.1) is 0 Å². The van der Waals surface area contributed by atoms with E-state index in [4.69, 9.17) is 0 Å². The molecule has 1 atom stereocenters. The minimum absolute atomic E-state index is 0.138. The Balaban J connectivity index is 2.07. The number of aryl methyl sites for hydroxylation is 1. The molecule has 1 N–H and O–H groups in total. The Morgan fingerprint density at radius 1 is 1.30 bits per heavy atom. The number of rotatable bonds is 4. The number of aromatic nitrogens is 3. The van der Waals surface area contributed by atoms with Gasteiger partial charge in [0.1, 0.15) is 0 Å². The zero-order chi connectivity index (χ0) is 13.9. The van der Waals surface area contributed by atoms with E-state index in [2.05, 4.69) is 51.0 Å². The van der Waals surface area contributed by atoms with Crippen molar-refractivity contribution >= 4 is 10.9 Å². The predicted molar refractivity (Wildman–Crippen MR) is 80.5 cm³/mol. The van der Waals surface area contributed by atoms with E-state index >= 15 is 0 Å². The van der Waals surface area contributed by atoms with Crippen molar-refractivity contribution in [2.75, 3.05) is 6.54 Å². The highest BCUT2D eigenvalue weighted by molar-refractivity contribution is 5.79. The molecule has 1 unspecified atom stereocenters. The fraction of sp³-hybridized carbons (Fsp3) is 0.250. The Kier molecular flexibility index (Phi) is 3.48. The number of fused-ring (bicyclic) bond motifs is 1. The van der Waals surface area contributed by atoms with Gasteiger partial charge in [-0.2, -0.15) is 0 Å². The van der Waals surface area contributed by atoms with Crippen molar-refractivity contribution < 1.29 is 0 Å². The summed E-state index contributed by atoms with van der Waals surface area (Å²) in [6, 6.07) is 10.6. The second-order valence-electron chi connectivity index (χ2n) is 4.88. The molecular weight excluding hydrogens is 248 g/mol. The van der Waals surface area contributed by atoms with Crippen LogP contribution in [-0.4, -0.2) is 21.1 Å². The molecule has 0 bridgehead atoms. The van der Waals surface area contributed by atoms with Crippen LogP contribution in [0.2, 0.25) is 0 Å². The van der Waals surface area contributed by atoms with E-state index in [9.17, 15) is 0 Å². The molecule has 0 spiro atoms. The molecule has 0 saturated carbocycles. The average molecular weight is 266 g/mol. The van der Waals surface area contributed by atoms with Crippen LogP contribution in [0.3, 0.4) is 0 Å². The molecular formula is C16H18N4. The first-order valence-corrected chi connectivity index (χ1v) is 6.84. The number of nitrogens with zero attached hydrogens (tertiary/aromatic N) is 3. The maximum atomic E-state index is 4.44. The largest absolute Gasteiger partial charge is 0.336 e. The number of benzene rings is 1. The van der Waals surface area contributed by atoms with Crippen LogP contribution in [0, 0.1) is 0 Å². The van der Waals surface area contributed by atoms with E-state index in [0.29, 0.717) is 0 Å². The molecule has 0 saturated heterocycles. The quantitative estimate of drug-likeness (QED) is 0.789. The van der Waals surface area contributed by atoms with Gasteiger partial charge in [0.25, 0.3) is 0 Å². The van der Waals surface area contributed by atoms with Crippen molar-refractivity contribution in [3.63, 3.8) is 0 Å². The van der Waals surface area contributed by atoms with Gasteiger partial charge in [-0.05, 0) is 24.2 Å². The smallest absolute Gasteiger partial charge is 0.0946 e. The Bertz CT molecular complexity index is 717. The van der Waals surface area contributed by atoms with Gasteiger partial charge in [0, 0.05) is 18.6 Å². The van der Waals surface area contributed by atoms with Crippen molar-refractivity contribution in [2.24, 2.45) is 7.05 Å². The van der Waals surface area contributed by atoms with Gasteiger partial charge in [-0.1, -0.05) is 25.1 Å². The van der Waals surface area contributed by atoms with Crippen LogP contribution in [0.15, 0.2) is 49.1 Å². The third kappa shape index (κ3) is 2.30.